The van der Waals surface area contributed by atoms with Crippen molar-refractivity contribution in [2.45, 2.75) is 90.9 Å². The minimum Gasteiger partial charge on any atom is -0.385 e. The highest BCUT2D eigenvalue weighted by molar-refractivity contribution is 4.59. The van der Waals surface area contributed by atoms with E-state index in [1.807, 2.05) is 0 Å². The molecule has 2 unspecified atom stereocenters. The Balaban J connectivity index is 3.24. The average Bonchev–Trinajstić information content (AvgIpc) is 2.57. The van der Waals surface area contributed by atoms with Crippen molar-refractivity contribution >= 4 is 0 Å². The first-order valence-corrected chi connectivity index (χ1v) is 10.6. The molecule has 0 heterocycles. The fraction of sp³-hybridized carbons (Fsp3) is 1.00. The maximum Gasteiger partial charge on any atom is 0.0462 e. The van der Waals surface area contributed by atoms with Crippen LogP contribution in [0.3, 0.4) is 0 Å². The van der Waals surface area contributed by atoms with Crippen molar-refractivity contribution in [2.75, 3.05) is 33.4 Å². The van der Waals surface area contributed by atoms with Crippen LogP contribution in [-0.4, -0.2) is 33.4 Å². The second-order valence-electron chi connectivity index (χ2n) is 7.74. The van der Waals surface area contributed by atoms with Gasteiger partial charge in [-0.1, -0.05) is 58.8 Å². The van der Waals surface area contributed by atoms with Crippen molar-refractivity contribution in [3.05, 3.63) is 0 Å². The van der Waals surface area contributed by atoms with E-state index in [1.54, 1.807) is 7.11 Å². The molecule has 0 rings (SSSR count). The highest BCUT2D eigenvalue weighted by atomic mass is 16.5. The van der Waals surface area contributed by atoms with Gasteiger partial charge in [0.15, 0.2) is 0 Å². The summed E-state index contributed by atoms with van der Waals surface area (Å²) in [4.78, 5) is 0. The minimum absolute atomic E-state index is 0.821. The Labute approximate surface area is 152 Å². The lowest BCUT2D eigenvalue weighted by molar-refractivity contribution is 0.187. The van der Waals surface area contributed by atoms with Crippen LogP contribution in [0.15, 0.2) is 0 Å². The van der Waals surface area contributed by atoms with Gasteiger partial charge < -0.3 is 15.8 Å². The summed E-state index contributed by atoms with van der Waals surface area (Å²) in [6.07, 6.45) is 16.0. The lowest BCUT2D eigenvalue weighted by Crippen LogP contribution is -2.22. The number of hydrogen-bond acceptors (Lipinski definition) is 3. The number of nitrogens with one attached hydrogen (secondary N) is 1. The molecule has 0 saturated heterocycles. The van der Waals surface area contributed by atoms with Crippen LogP contribution in [-0.2, 0) is 4.74 Å². The van der Waals surface area contributed by atoms with Crippen LogP contribution in [0.5, 0.6) is 0 Å². The third-order valence-electron chi connectivity index (χ3n) is 4.99. The normalized spacial score (nSPS) is 14.0. The summed E-state index contributed by atoms with van der Waals surface area (Å²) in [5.41, 5.74) is 5.50. The first-order valence-electron chi connectivity index (χ1n) is 10.6. The lowest BCUT2D eigenvalue weighted by atomic mass is 9.97. The van der Waals surface area contributed by atoms with Crippen LogP contribution in [0.25, 0.3) is 0 Å². The highest BCUT2D eigenvalue weighted by Crippen LogP contribution is 2.17. The first-order chi connectivity index (χ1) is 11.7. The first kappa shape index (κ1) is 23.9. The molecule has 0 bridgehead atoms. The van der Waals surface area contributed by atoms with Gasteiger partial charge in [0.05, 0.1) is 0 Å². The molecule has 0 aliphatic heterocycles. The van der Waals surface area contributed by atoms with Crippen molar-refractivity contribution in [1.29, 1.82) is 0 Å². The molecule has 0 aromatic rings. The quantitative estimate of drug-likeness (QED) is 0.320. The van der Waals surface area contributed by atoms with Crippen molar-refractivity contribution in [3.63, 3.8) is 0 Å². The van der Waals surface area contributed by atoms with Crippen LogP contribution in [0.2, 0.25) is 0 Å². The van der Waals surface area contributed by atoms with E-state index in [4.69, 9.17) is 10.5 Å². The number of methoxy groups -OCH3 is 1. The number of nitrogens with two attached hydrogens (primary N) is 1. The third-order valence-corrected chi connectivity index (χ3v) is 4.99. The molecule has 0 amide bonds. The average molecular weight is 343 g/mol. The number of hydrogen-bond donors (Lipinski definition) is 2. The van der Waals surface area contributed by atoms with E-state index in [0.717, 1.165) is 25.0 Å². The molecule has 2 atom stereocenters. The standard InChI is InChI=1S/C21H46N2O/c1-20(15-12-18-24-3)13-8-4-5-9-14-21(2)19-23-17-11-7-6-10-16-22/h20-21,23H,4-19,22H2,1-3H3. The molecular formula is C21H46N2O. The van der Waals surface area contributed by atoms with Crippen LogP contribution >= 0.6 is 0 Å². The fourth-order valence-corrected chi connectivity index (χ4v) is 3.26. The predicted molar refractivity (Wildman–Crippen MR) is 108 cm³/mol. The van der Waals surface area contributed by atoms with E-state index in [1.165, 1.54) is 90.1 Å². The molecule has 0 aromatic heterocycles. The summed E-state index contributed by atoms with van der Waals surface area (Å²) in [5.74, 6) is 1.69. The molecular weight excluding hydrogens is 296 g/mol. The largest absolute Gasteiger partial charge is 0.385 e. The molecule has 0 saturated carbocycles. The van der Waals surface area contributed by atoms with Gasteiger partial charge in [0.2, 0.25) is 0 Å². The molecule has 3 heteroatoms. The van der Waals surface area contributed by atoms with Crippen LogP contribution < -0.4 is 11.1 Å². The van der Waals surface area contributed by atoms with Gasteiger partial charge in [0.25, 0.3) is 0 Å². The number of ether oxygens (including phenoxy) is 1. The summed E-state index contributed by atoms with van der Waals surface area (Å²) in [7, 11) is 1.80. The van der Waals surface area contributed by atoms with Crippen molar-refractivity contribution in [3.8, 4) is 0 Å². The molecule has 24 heavy (non-hydrogen) atoms. The Morgan fingerprint density at radius 2 is 1.33 bits per heavy atom. The lowest BCUT2D eigenvalue weighted by Gasteiger charge is -2.13. The second-order valence-corrected chi connectivity index (χ2v) is 7.74. The van der Waals surface area contributed by atoms with E-state index in [0.29, 0.717) is 0 Å². The monoisotopic (exact) mass is 342 g/mol. The Morgan fingerprint density at radius 3 is 2.00 bits per heavy atom. The van der Waals surface area contributed by atoms with Gasteiger partial charge in [0.1, 0.15) is 0 Å². The Morgan fingerprint density at radius 1 is 0.750 bits per heavy atom. The molecule has 3 nitrogen and oxygen atoms in total. The zero-order chi connectivity index (χ0) is 17.9. The number of rotatable bonds is 19. The Kier molecular flexibility index (Phi) is 19.1. The Hall–Kier alpha value is -0.120. The van der Waals surface area contributed by atoms with Gasteiger partial charge >= 0.3 is 0 Å². The van der Waals surface area contributed by atoms with Gasteiger partial charge in [-0.15, -0.1) is 0 Å². The van der Waals surface area contributed by atoms with E-state index in [9.17, 15) is 0 Å². The van der Waals surface area contributed by atoms with E-state index in [-0.39, 0.29) is 0 Å². The van der Waals surface area contributed by atoms with Crippen LogP contribution in [0.4, 0.5) is 0 Å². The maximum absolute atomic E-state index is 5.50. The molecule has 146 valence electrons. The van der Waals surface area contributed by atoms with E-state index >= 15 is 0 Å². The fourth-order valence-electron chi connectivity index (χ4n) is 3.26. The molecule has 3 N–H and O–H groups in total. The van der Waals surface area contributed by atoms with E-state index < -0.39 is 0 Å². The molecule has 0 fully saturated rings. The molecule has 0 aliphatic rings. The van der Waals surface area contributed by atoms with Gasteiger partial charge in [-0.3, -0.25) is 0 Å². The summed E-state index contributed by atoms with van der Waals surface area (Å²) >= 11 is 0. The SMILES string of the molecule is COCCCC(C)CCCCCCC(C)CNCCCCCCN. The summed E-state index contributed by atoms with van der Waals surface area (Å²) < 4.78 is 5.12. The van der Waals surface area contributed by atoms with Crippen molar-refractivity contribution in [1.82, 2.24) is 5.32 Å². The summed E-state index contributed by atoms with van der Waals surface area (Å²) in [5, 5.41) is 3.61. The highest BCUT2D eigenvalue weighted by Gasteiger charge is 2.03. The van der Waals surface area contributed by atoms with E-state index in [2.05, 4.69) is 19.2 Å². The van der Waals surface area contributed by atoms with Gasteiger partial charge in [-0.05, 0) is 63.6 Å². The van der Waals surface area contributed by atoms with Crippen LogP contribution in [0.1, 0.15) is 90.9 Å². The third kappa shape index (κ3) is 18.2. The molecule has 0 aromatic carbocycles. The number of unbranched alkanes of at least 4 members (excludes halogenated alkanes) is 6. The Bertz CT molecular complexity index is 236. The van der Waals surface area contributed by atoms with Crippen molar-refractivity contribution in [2.24, 2.45) is 17.6 Å². The van der Waals surface area contributed by atoms with Gasteiger partial charge in [-0.25, -0.2) is 0 Å². The maximum atomic E-state index is 5.50. The predicted octanol–water partition coefficient (Wildman–Crippen LogP) is 5.13. The topological polar surface area (TPSA) is 47.3 Å². The molecule has 0 radical (unpaired) electrons. The van der Waals surface area contributed by atoms with Crippen LogP contribution in [0, 0.1) is 11.8 Å². The zero-order valence-electron chi connectivity index (χ0n) is 17.0. The minimum atomic E-state index is 0.821. The summed E-state index contributed by atoms with van der Waals surface area (Å²) in [6, 6.07) is 0. The molecule has 0 aliphatic carbocycles. The second kappa shape index (κ2) is 19.2. The summed E-state index contributed by atoms with van der Waals surface area (Å²) in [6.45, 7) is 8.91. The zero-order valence-corrected chi connectivity index (χ0v) is 17.0. The van der Waals surface area contributed by atoms with Gasteiger partial charge in [0, 0.05) is 13.7 Å². The smallest absolute Gasteiger partial charge is 0.0462 e. The van der Waals surface area contributed by atoms with Crippen molar-refractivity contribution < 1.29 is 4.74 Å². The van der Waals surface area contributed by atoms with Gasteiger partial charge in [-0.2, -0.15) is 0 Å². The molecule has 0 spiro atoms.